The van der Waals surface area contributed by atoms with Crippen molar-refractivity contribution in [3.8, 4) is 6.07 Å². The number of likely N-dealkylation sites (N-methyl/N-ethyl adjacent to an activating group) is 1. The first-order valence-electron chi connectivity index (χ1n) is 6.61. The smallest absolute Gasteiger partial charge is 0.108 e. The lowest BCUT2D eigenvalue weighted by Crippen LogP contribution is -2.42. The Hall–Kier alpha value is -0.630. The van der Waals surface area contributed by atoms with Crippen LogP contribution in [0.4, 0.5) is 0 Å². The molecule has 2 aliphatic rings. The number of hydrogen-bond donors (Lipinski definition) is 1. The summed E-state index contributed by atoms with van der Waals surface area (Å²) in [5.74, 6) is 0. The summed E-state index contributed by atoms with van der Waals surface area (Å²) in [7, 11) is 4.06. The molecule has 0 aromatic carbocycles. The Bertz CT molecular complexity index is 296. The van der Waals surface area contributed by atoms with Gasteiger partial charge in [0, 0.05) is 19.2 Å². The number of ether oxygens (including phenoxy) is 1. The predicted molar refractivity (Wildman–Crippen MR) is 66.6 cm³/mol. The van der Waals surface area contributed by atoms with E-state index in [4.69, 9.17) is 4.74 Å². The molecule has 0 radical (unpaired) electrons. The monoisotopic (exact) mass is 237 g/mol. The van der Waals surface area contributed by atoms with Crippen LogP contribution < -0.4 is 5.32 Å². The Balaban J connectivity index is 1.85. The van der Waals surface area contributed by atoms with Crippen LogP contribution >= 0.6 is 0 Å². The lowest BCUT2D eigenvalue weighted by Gasteiger charge is -2.28. The molecule has 4 heteroatoms. The average molecular weight is 237 g/mol. The molecule has 3 atom stereocenters. The fourth-order valence-electron chi connectivity index (χ4n) is 3.04. The van der Waals surface area contributed by atoms with Crippen LogP contribution in [0.5, 0.6) is 0 Å². The Morgan fingerprint density at radius 3 is 2.88 bits per heavy atom. The first-order chi connectivity index (χ1) is 8.19. The molecule has 0 aromatic heterocycles. The zero-order chi connectivity index (χ0) is 12.3. The van der Waals surface area contributed by atoms with Gasteiger partial charge in [-0.1, -0.05) is 0 Å². The molecule has 3 unspecified atom stereocenters. The minimum absolute atomic E-state index is 0.296. The first-order valence-corrected chi connectivity index (χ1v) is 6.61. The predicted octanol–water partition coefficient (Wildman–Crippen LogP) is 1.13. The summed E-state index contributed by atoms with van der Waals surface area (Å²) >= 11 is 0. The van der Waals surface area contributed by atoms with E-state index in [0.717, 1.165) is 32.4 Å². The molecule has 1 aliphatic heterocycles. The summed E-state index contributed by atoms with van der Waals surface area (Å²) in [4.78, 5) is 2.38. The summed E-state index contributed by atoms with van der Waals surface area (Å²) in [5.41, 5.74) is -0.296. The molecule has 2 fully saturated rings. The van der Waals surface area contributed by atoms with Crippen molar-refractivity contribution in [2.45, 2.75) is 49.8 Å². The molecule has 1 saturated carbocycles. The second-order valence-electron chi connectivity index (χ2n) is 5.42. The van der Waals surface area contributed by atoms with Crippen LogP contribution in [0.25, 0.3) is 0 Å². The molecule has 2 rings (SSSR count). The van der Waals surface area contributed by atoms with Crippen molar-refractivity contribution >= 4 is 0 Å². The average Bonchev–Trinajstić information content (AvgIpc) is 2.97. The molecular weight excluding hydrogens is 214 g/mol. The zero-order valence-electron chi connectivity index (χ0n) is 10.9. The van der Waals surface area contributed by atoms with E-state index in [-0.39, 0.29) is 5.54 Å². The van der Waals surface area contributed by atoms with E-state index in [1.165, 1.54) is 12.8 Å². The van der Waals surface area contributed by atoms with Gasteiger partial charge in [-0.15, -0.1) is 0 Å². The molecule has 1 N–H and O–H groups in total. The fraction of sp³-hybridized carbons (Fsp3) is 0.923. The van der Waals surface area contributed by atoms with Crippen molar-refractivity contribution < 1.29 is 4.74 Å². The second-order valence-corrected chi connectivity index (χ2v) is 5.42. The third-order valence-electron chi connectivity index (χ3n) is 4.32. The van der Waals surface area contributed by atoms with Crippen LogP contribution in [0, 0.1) is 11.3 Å². The van der Waals surface area contributed by atoms with E-state index in [9.17, 15) is 5.26 Å². The van der Waals surface area contributed by atoms with Crippen LogP contribution in [-0.4, -0.2) is 49.8 Å². The Morgan fingerprint density at radius 2 is 2.35 bits per heavy atom. The highest BCUT2D eigenvalue weighted by Crippen LogP contribution is 2.32. The molecule has 17 heavy (non-hydrogen) atoms. The van der Waals surface area contributed by atoms with Crippen molar-refractivity contribution in [3.63, 3.8) is 0 Å². The number of nitrogens with zero attached hydrogens (tertiary/aromatic N) is 2. The largest absolute Gasteiger partial charge is 0.377 e. The van der Waals surface area contributed by atoms with E-state index >= 15 is 0 Å². The van der Waals surface area contributed by atoms with Crippen molar-refractivity contribution in [1.82, 2.24) is 10.2 Å². The van der Waals surface area contributed by atoms with Crippen molar-refractivity contribution in [2.75, 3.05) is 27.2 Å². The molecule has 0 bridgehead atoms. The van der Waals surface area contributed by atoms with Gasteiger partial charge in [0.2, 0.25) is 0 Å². The standard InChI is InChI=1S/C13H23N3O/c1-15-13(10-14)6-5-11(8-13)16(2)9-12-4-3-7-17-12/h11-12,15H,3-9H2,1-2H3. The summed E-state index contributed by atoms with van der Waals surface area (Å²) in [6.45, 7) is 1.93. The summed E-state index contributed by atoms with van der Waals surface area (Å²) in [5, 5.41) is 12.4. The topological polar surface area (TPSA) is 48.3 Å². The highest BCUT2D eigenvalue weighted by atomic mass is 16.5. The van der Waals surface area contributed by atoms with Crippen LogP contribution in [0.3, 0.4) is 0 Å². The van der Waals surface area contributed by atoms with Gasteiger partial charge in [0.1, 0.15) is 5.54 Å². The Kier molecular flexibility index (Phi) is 4.03. The van der Waals surface area contributed by atoms with Crippen molar-refractivity contribution in [1.29, 1.82) is 5.26 Å². The zero-order valence-corrected chi connectivity index (χ0v) is 10.9. The minimum atomic E-state index is -0.296. The van der Waals surface area contributed by atoms with Gasteiger partial charge in [-0.2, -0.15) is 5.26 Å². The molecule has 0 aromatic rings. The summed E-state index contributed by atoms with van der Waals surface area (Å²) in [6, 6.07) is 2.96. The van der Waals surface area contributed by atoms with E-state index in [1.807, 2.05) is 7.05 Å². The van der Waals surface area contributed by atoms with E-state index in [0.29, 0.717) is 12.1 Å². The van der Waals surface area contributed by atoms with Crippen molar-refractivity contribution in [3.05, 3.63) is 0 Å². The van der Waals surface area contributed by atoms with Crippen LogP contribution in [-0.2, 0) is 4.74 Å². The van der Waals surface area contributed by atoms with E-state index in [1.54, 1.807) is 0 Å². The van der Waals surface area contributed by atoms with Gasteiger partial charge >= 0.3 is 0 Å². The third kappa shape index (κ3) is 2.79. The van der Waals surface area contributed by atoms with Gasteiger partial charge in [-0.25, -0.2) is 0 Å². The normalized spacial score (nSPS) is 37.5. The van der Waals surface area contributed by atoms with Crippen LogP contribution in [0.1, 0.15) is 32.1 Å². The van der Waals surface area contributed by atoms with Crippen molar-refractivity contribution in [2.24, 2.45) is 0 Å². The number of hydrogen-bond acceptors (Lipinski definition) is 4. The maximum Gasteiger partial charge on any atom is 0.108 e. The molecule has 0 spiro atoms. The summed E-state index contributed by atoms with van der Waals surface area (Å²) in [6.07, 6.45) is 5.79. The van der Waals surface area contributed by atoms with Gasteiger partial charge in [-0.05, 0) is 46.2 Å². The lowest BCUT2D eigenvalue weighted by atomic mass is 10.00. The molecule has 4 nitrogen and oxygen atoms in total. The van der Waals surface area contributed by atoms with Gasteiger partial charge in [0.15, 0.2) is 0 Å². The molecule has 1 saturated heterocycles. The third-order valence-corrected chi connectivity index (χ3v) is 4.32. The van der Waals surface area contributed by atoms with Gasteiger partial charge in [0.05, 0.1) is 12.2 Å². The fourth-order valence-corrected chi connectivity index (χ4v) is 3.04. The second kappa shape index (κ2) is 5.34. The molecular formula is C13H23N3O. The van der Waals surface area contributed by atoms with Gasteiger partial charge in [0.25, 0.3) is 0 Å². The van der Waals surface area contributed by atoms with Gasteiger partial charge in [-0.3, -0.25) is 0 Å². The van der Waals surface area contributed by atoms with Crippen LogP contribution in [0.2, 0.25) is 0 Å². The molecule has 1 aliphatic carbocycles. The molecule has 1 heterocycles. The lowest BCUT2D eigenvalue weighted by molar-refractivity contribution is 0.0680. The van der Waals surface area contributed by atoms with Crippen LogP contribution in [0.15, 0.2) is 0 Å². The number of nitrogens with one attached hydrogen (secondary N) is 1. The Labute approximate surface area is 104 Å². The van der Waals surface area contributed by atoms with Gasteiger partial charge < -0.3 is 15.0 Å². The molecule has 0 amide bonds. The van der Waals surface area contributed by atoms with E-state index < -0.39 is 0 Å². The quantitative estimate of drug-likeness (QED) is 0.796. The van der Waals surface area contributed by atoms with E-state index in [2.05, 4.69) is 23.3 Å². The number of nitriles is 1. The summed E-state index contributed by atoms with van der Waals surface area (Å²) < 4.78 is 5.67. The minimum Gasteiger partial charge on any atom is -0.377 e. The first kappa shape index (κ1) is 12.8. The Morgan fingerprint density at radius 1 is 1.53 bits per heavy atom. The maximum atomic E-state index is 9.24. The SMILES string of the molecule is CNC1(C#N)CCC(N(C)CC2CCCO2)C1. The highest BCUT2D eigenvalue weighted by molar-refractivity contribution is 5.12. The maximum absolute atomic E-state index is 9.24. The molecule has 96 valence electrons. The highest BCUT2D eigenvalue weighted by Gasteiger charge is 2.40. The number of rotatable bonds is 4.